The maximum absolute atomic E-state index is 12.5. The number of allylic oxidation sites excluding steroid dienone is 1. The summed E-state index contributed by atoms with van der Waals surface area (Å²) in [6, 6.07) is 12.6. The zero-order valence-electron chi connectivity index (χ0n) is 16.6. The number of thioether (sulfide) groups is 1. The molecule has 0 bridgehead atoms. The summed E-state index contributed by atoms with van der Waals surface area (Å²) in [7, 11) is 3.14. The Labute approximate surface area is 184 Å². The number of nitrogens with one attached hydrogen (secondary N) is 1. The van der Waals surface area contributed by atoms with Crippen LogP contribution in [-0.2, 0) is 11.3 Å². The molecular weight excluding hydrogens is 424 g/mol. The molecule has 9 heteroatoms. The molecule has 3 aromatic rings. The van der Waals surface area contributed by atoms with Crippen LogP contribution in [0.15, 0.2) is 60.3 Å². The van der Waals surface area contributed by atoms with Gasteiger partial charge in [-0.2, -0.15) is 0 Å². The molecule has 0 aliphatic rings. The fraction of sp³-hybridized carbons (Fsp3) is 0.190. The molecular formula is C21H21ClN4O3S. The normalized spacial score (nSPS) is 10.5. The van der Waals surface area contributed by atoms with E-state index in [2.05, 4.69) is 22.1 Å². The van der Waals surface area contributed by atoms with Gasteiger partial charge in [-0.15, -0.1) is 16.8 Å². The second kappa shape index (κ2) is 10.2. The summed E-state index contributed by atoms with van der Waals surface area (Å²) in [5.74, 6) is 1.79. The van der Waals surface area contributed by atoms with E-state index in [0.717, 1.165) is 5.56 Å². The van der Waals surface area contributed by atoms with Crippen molar-refractivity contribution in [3.05, 3.63) is 60.1 Å². The van der Waals surface area contributed by atoms with Gasteiger partial charge in [-0.05, 0) is 30.3 Å². The summed E-state index contributed by atoms with van der Waals surface area (Å²) in [6.45, 7) is 4.30. The third kappa shape index (κ3) is 4.95. The lowest BCUT2D eigenvalue weighted by Crippen LogP contribution is -2.15. The van der Waals surface area contributed by atoms with Gasteiger partial charge in [0.15, 0.2) is 11.0 Å². The standard InChI is InChI=1S/C21H21ClN4O3S/c1-4-11-26-20(15-7-5-6-8-17(15)28-2)24-25-21(26)30-13-19(27)23-16-12-14(22)9-10-18(16)29-3/h4-10,12H,1,11,13H2,2-3H3,(H,23,27). The number of methoxy groups -OCH3 is 2. The van der Waals surface area contributed by atoms with Crippen LogP contribution in [0.1, 0.15) is 0 Å². The molecule has 1 amide bonds. The molecule has 3 rings (SSSR count). The summed E-state index contributed by atoms with van der Waals surface area (Å²) >= 11 is 7.29. The van der Waals surface area contributed by atoms with E-state index in [-0.39, 0.29) is 11.7 Å². The molecule has 0 radical (unpaired) electrons. The number of benzene rings is 2. The van der Waals surface area contributed by atoms with E-state index in [1.54, 1.807) is 31.4 Å². The predicted octanol–water partition coefficient (Wildman–Crippen LogP) is 4.53. The first-order valence-electron chi connectivity index (χ1n) is 9.01. The van der Waals surface area contributed by atoms with Gasteiger partial charge in [0.2, 0.25) is 5.91 Å². The Bertz CT molecular complexity index is 1050. The Hall–Kier alpha value is -2.97. The Morgan fingerprint density at radius 1 is 1.20 bits per heavy atom. The van der Waals surface area contributed by atoms with E-state index in [9.17, 15) is 4.79 Å². The van der Waals surface area contributed by atoms with Gasteiger partial charge in [0.25, 0.3) is 0 Å². The minimum absolute atomic E-state index is 0.136. The number of carbonyl (C=O) groups is 1. The van der Waals surface area contributed by atoms with Crippen LogP contribution in [0.2, 0.25) is 5.02 Å². The quantitative estimate of drug-likeness (QED) is 0.386. The van der Waals surface area contributed by atoms with Crippen molar-refractivity contribution in [1.82, 2.24) is 14.8 Å². The van der Waals surface area contributed by atoms with E-state index in [4.69, 9.17) is 21.1 Å². The third-order valence-corrected chi connectivity index (χ3v) is 5.35. The molecule has 30 heavy (non-hydrogen) atoms. The lowest BCUT2D eigenvalue weighted by Gasteiger charge is -2.11. The molecule has 2 aromatic carbocycles. The second-order valence-corrected chi connectivity index (χ2v) is 7.47. The molecule has 0 spiro atoms. The van der Waals surface area contributed by atoms with Crippen molar-refractivity contribution in [3.63, 3.8) is 0 Å². The first-order chi connectivity index (χ1) is 14.6. The summed E-state index contributed by atoms with van der Waals surface area (Å²) in [4.78, 5) is 12.5. The summed E-state index contributed by atoms with van der Waals surface area (Å²) < 4.78 is 12.6. The first kappa shape index (κ1) is 21.7. The molecule has 0 aliphatic carbocycles. The van der Waals surface area contributed by atoms with Crippen molar-refractivity contribution >= 4 is 35.0 Å². The van der Waals surface area contributed by atoms with E-state index in [0.29, 0.717) is 39.7 Å². The Balaban J connectivity index is 1.77. The van der Waals surface area contributed by atoms with E-state index in [1.165, 1.54) is 18.9 Å². The highest BCUT2D eigenvalue weighted by Crippen LogP contribution is 2.31. The van der Waals surface area contributed by atoms with E-state index in [1.807, 2.05) is 28.8 Å². The van der Waals surface area contributed by atoms with Crippen molar-refractivity contribution in [2.24, 2.45) is 0 Å². The van der Waals surface area contributed by atoms with Crippen LogP contribution < -0.4 is 14.8 Å². The lowest BCUT2D eigenvalue weighted by molar-refractivity contribution is -0.113. The lowest BCUT2D eigenvalue weighted by atomic mass is 10.2. The van der Waals surface area contributed by atoms with Gasteiger partial charge < -0.3 is 14.8 Å². The number of aromatic nitrogens is 3. The number of carbonyl (C=O) groups excluding carboxylic acids is 1. The van der Waals surface area contributed by atoms with Gasteiger partial charge in [0.1, 0.15) is 11.5 Å². The SMILES string of the molecule is C=CCn1c(SCC(=O)Nc2cc(Cl)ccc2OC)nnc1-c1ccccc1OC. The van der Waals surface area contributed by atoms with Crippen molar-refractivity contribution in [3.8, 4) is 22.9 Å². The molecule has 7 nitrogen and oxygen atoms in total. The third-order valence-electron chi connectivity index (χ3n) is 4.14. The topological polar surface area (TPSA) is 78.3 Å². The van der Waals surface area contributed by atoms with Crippen LogP contribution in [0.5, 0.6) is 11.5 Å². The van der Waals surface area contributed by atoms with Gasteiger partial charge in [0, 0.05) is 11.6 Å². The fourth-order valence-corrected chi connectivity index (χ4v) is 3.73. The maximum atomic E-state index is 12.5. The van der Waals surface area contributed by atoms with Gasteiger partial charge in [-0.25, -0.2) is 0 Å². The number of hydrogen-bond acceptors (Lipinski definition) is 6. The molecule has 0 atom stereocenters. The van der Waals surface area contributed by atoms with Crippen molar-refractivity contribution in [1.29, 1.82) is 0 Å². The van der Waals surface area contributed by atoms with Gasteiger partial charge in [-0.3, -0.25) is 9.36 Å². The van der Waals surface area contributed by atoms with E-state index >= 15 is 0 Å². The van der Waals surface area contributed by atoms with Crippen molar-refractivity contribution < 1.29 is 14.3 Å². The number of para-hydroxylation sites is 1. The van der Waals surface area contributed by atoms with Crippen molar-refractivity contribution in [2.45, 2.75) is 11.7 Å². The highest BCUT2D eigenvalue weighted by molar-refractivity contribution is 7.99. The molecule has 0 fully saturated rings. The smallest absolute Gasteiger partial charge is 0.234 e. The zero-order chi connectivity index (χ0) is 21.5. The number of halogens is 1. The number of hydrogen-bond donors (Lipinski definition) is 1. The van der Waals surface area contributed by atoms with Crippen LogP contribution in [-0.4, -0.2) is 40.6 Å². The number of amides is 1. The average molecular weight is 445 g/mol. The molecule has 1 N–H and O–H groups in total. The molecule has 0 saturated heterocycles. The summed E-state index contributed by atoms with van der Waals surface area (Å²) in [5, 5.41) is 12.5. The number of nitrogens with zero attached hydrogens (tertiary/aromatic N) is 3. The van der Waals surface area contributed by atoms with Crippen LogP contribution in [0.25, 0.3) is 11.4 Å². The van der Waals surface area contributed by atoms with Crippen LogP contribution in [0, 0.1) is 0 Å². The van der Waals surface area contributed by atoms with E-state index < -0.39 is 0 Å². The molecule has 1 aromatic heterocycles. The van der Waals surface area contributed by atoms with Gasteiger partial charge in [0.05, 0.1) is 31.2 Å². The summed E-state index contributed by atoms with van der Waals surface area (Å²) in [5.41, 5.74) is 1.33. The Morgan fingerprint density at radius 3 is 2.70 bits per heavy atom. The van der Waals surface area contributed by atoms with Crippen molar-refractivity contribution in [2.75, 3.05) is 25.3 Å². The molecule has 156 valence electrons. The number of anilines is 1. The second-order valence-electron chi connectivity index (χ2n) is 6.09. The highest BCUT2D eigenvalue weighted by atomic mass is 35.5. The number of ether oxygens (including phenoxy) is 2. The number of rotatable bonds is 9. The molecule has 1 heterocycles. The zero-order valence-corrected chi connectivity index (χ0v) is 18.2. The minimum atomic E-state index is -0.215. The maximum Gasteiger partial charge on any atom is 0.234 e. The average Bonchev–Trinajstić information content (AvgIpc) is 3.15. The first-order valence-corrected chi connectivity index (χ1v) is 10.4. The Morgan fingerprint density at radius 2 is 1.97 bits per heavy atom. The van der Waals surface area contributed by atoms with Gasteiger partial charge >= 0.3 is 0 Å². The van der Waals surface area contributed by atoms with Crippen LogP contribution in [0.4, 0.5) is 5.69 Å². The molecule has 0 aliphatic heterocycles. The highest BCUT2D eigenvalue weighted by Gasteiger charge is 2.18. The van der Waals surface area contributed by atoms with Gasteiger partial charge in [-0.1, -0.05) is 41.6 Å². The Kier molecular flexibility index (Phi) is 7.37. The predicted molar refractivity (Wildman–Crippen MR) is 120 cm³/mol. The monoisotopic (exact) mass is 444 g/mol. The molecule has 0 saturated carbocycles. The fourth-order valence-electron chi connectivity index (χ4n) is 2.81. The summed E-state index contributed by atoms with van der Waals surface area (Å²) in [6.07, 6.45) is 1.75. The minimum Gasteiger partial charge on any atom is -0.496 e. The molecule has 0 unspecified atom stereocenters. The van der Waals surface area contributed by atoms with Crippen LogP contribution in [0.3, 0.4) is 0 Å². The van der Waals surface area contributed by atoms with Crippen LogP contribution >= 0.6 is 23.4 Å². The largest absolute Gasteiger partial charge is 0.496 e.